The summed E-state index contributed by atoms with van der Waals surface area (Å²) in [4.78, 5) is 5.51. The van der Waals surface area contributed by atoms with Crippen LogP contribution in [0.15, 0.2) is 33.7 Å². The van der Waals surface area contributed by atoms with E-state index >= 15 is 0 Å². The maximum atomic E-state index is 6.12. The minimum absolute atomic E-state index is 0.218. The zero-order chi connectivity index (χ0) is 13.8. The Morgan fingerprint density at radius 3 is 3.05 bits per heavy atom. The quantitative estimate of drug-likeness (QED) is 0.870. The Hall–Kier alpha value is -1.04. The smallest absolute Gasteiger partial charge is 0.243 e. The fraction of sp³-hybridized carbons (Fsp3) is 0.429. The van der Waals surface area contributed by atoms with Crippen LogP contribution in [0.25, 0.3) is 0 Å². The SMILES string of the molecule is Clc1ccccc1SCc1noc([C@@H]2CCCCN2)n1. The van der Waals surface area contributed by atoms with E-state index in [-0.39, 0.29) is 6.04 Å². The van der Waals surface area contributed by atoms with Crippen LogP contribution < -0.4 is 5.32 Å². The molecule has 1 fully saturated rings. The zero-order valence-corrected chi connectivity index (χ0v) is 12.6. The second-order valence-electron chi connectivity index (χ2n) is 4.77. The van der Waals surface area contributed by atoms with Gasteiger partial charge in [0.2, 0.25) is 5.89 Å². The summed E-state index contributed by atoms with van der Waals surface area (Å²) in [5.41, 5.74) is 0. The number of hydrogen-bond donors (Lipinski definition) is 1. The molecule has 0 bridgehead atoms. The van der Waals surface area contributed by atoms with Gasteiger partial charge in [0.05, 0.1) is 16.8 Å². The molecule has 1 aromatic heterocycles. The largest absolute Gasteiger partial charge is 0.338 e. The summed E-state index contributed by atoms with van der Waals surface area (Å²) in [5.74, 6) is 2.09. The molecule has 2 heterocycles. The molecule has 0 radical (unpaired) electrons. The molecule has 2 aromatic rings. The van der Waals surface area contributed by atoms with Crippen molar-refractivity contribution in [3.63, 3.8) is 0 Å². The van der Waals surface area contributed by atoms with Gasteiger partial charge in [-0.05, 0) is 31.5 Å². The molecule has 1 atom stereocenters. The van der Waals surface area contributed by atoms with Crippen molar-refractivity contribution in [3.05, 3.63) is 41.0 Å². The van der Waals surface area contributed by atoms with Crippen LogP contribution in [-0.4, -0.2) is 16.7 Å². The minimum atomic E-state index is 0.218. The average molecular weight is 310 g/mol. The van der Waals surface area contributed by atoms with Crippen LogP contribution in [0.1, 0.15) is 37.0 Å². The molecule has 0 aliphatic carbocycles. The van der Waals surface area contributed by atoms with Crippen LogP contribution in [0.5, 0.6) is 0 Å². The van der Waals surface area contributed by atoms with Gasteiger partial charge in [0.25, 0.3) is 0 Å². The molecule has 106 valence electrons. The highest BCUT2D eigenvalue weighted by molar-refractivity contribution is 7.98. The monoisotopic (exact) mass is 309 g/mol. The van der Waals surface area contributed by atoms with Crippen LogP contribution in [0.3, 0.4) is 0 Å². The molecule has 0 unspecified atom stereocenters. The van der Waals surface area contributed by atoms with Crippen molar-refractivity contribution < 1.29 is 4.52 Å². The predicted octanol–water partition coefficient (Wildman–Crippen LogP) is 3.83. The van der Waals surface area contributed by atoms with Gasteiger partial charge in [-0.1, -0.05) is 35.3 Å². The van der Waals surface area contributed by atoms with Crippen molar-refractivity contribution in [1.82, 2.24) is 15.5 Å². The summed E-state index contributed by atoms with van der Waals surface area (Å²) in [7, 11) is 0. The van der Waals surface area contributed by atoms with Gasteiger partial charge in [0.15, 0.2) is 5.82 Å². The van der Waals surface area contributed by atoms with E-state index < -0.39 is 0 Å². The summed E-state index contributed by atoms with van der Waals surface area (Å²) in [5, 5.41) is 8.21. The molecule has 3 rings (SSSR count). The fourth-order valence-corrected chi connectivity index (χ4v) is 3.32. The van der Waals surface area contributed by atoms with Crippen molar-refractivity contribution in [2.75, 3.05) is 6.54 Å². The van der Waals surface area contributed by atoms with Gasteiger partial charge < -0.3 is 9.84 Å². The number of benzene rings is 1. The highest BCUT2D eigenvalue weighted by Crippen LogP contribution is 2.29. The molecule has 1 aromatic carbocycles. The Labute approximate surface area is 127 Å². The van der Waals surface area contributed by atoms with E-state index in [1.165, 1.54) is 12.8 Å². The molecule has 1 saturated heterocycles. The Bertz CT molecular complexity index is 569. The molecule has 6 heteroatoms. The van der Waals surface area contributed by atoms with E-state index in [1.807, 2.05) is 24.3 Å². The van der Waals surface area contributed by atoms with Gasteiger partial charge >= 0.3 is 0 Å². The first-order valence-corrected chi connectivity index (χ1v) is 8.12. The standard InChI is InChI=1S/C14H16ClN3OS/c15-10-5-1-2-7-12(10)20-9-13-17-14(19-18-13)11-6-3-4-8-16-11/h1-2,5,7,11,16H,3-4,6,8-9H2/t11-/m0/s1. The molecular weight excluding hydrogens is 294 g/mol. The number of halogens is 1. The average Bonchev–Trinajstić information content (AvgIpc) is 2.96. The van der Waals surface area contributed by atoms with Crippen LogP contribution >= 0.6 is 23.4 Å². The second-order valence-corrected chi connectivity index (χ2v) is 6.19. The lowest BCUT2D eigenvalue weighted by atomic mass is 10.1. The minimum Gasteiger partial charge on any atom is -0.338 e. The molecule has 0 saturated carbocycles. The summed E-state index contributed by atoms with van der Waals surface area (Å²) < 4.78 is 5.35. The van der Waals surface area contributed by atoms with Crippen molar-refractivity contribution in [2.24, 2.45) is 0 Å². The number of nitrogens with one attached hydrogen (secondary N) is 1. The van der Waals surface area contributed by atoms with Crippen LogP contribution in [-0.2, 0) is 5.75 Å². The van der Waals surface area contributed by atoms with E-state index in [0.717, 1.165) is 28.7 Å². The Balaban J connectivity index is 1.61. The lowest BCUT2D eigenvalue weighted by Crippen LogP contribution is -2.26. The van der Waals surface area contributed by atoms with Crippen LogP contribution in [0, 0.1) is 0 Å². The third-order valence-corrected chi connectivity index (χ3v) is 4.80. The number of aromatic nitrogens is 2. The second kappa shape index (κ2) is 6.61. The molecular formula is C14H16ClN3OS. The lowest BCUT2D eigenvalue weighted by molar-refractivity contribution is 0.296. The van der Waals surface area contributed by atoms with E-state index in [1.54, 1.807) is 11.8 Å². The highest BCUT2D eigenvalue weighted by Gasteiger charge is 2.20. The van der Waals surface area contributed by atoms with Gasteiger partial charge in [-0.15, -0.1) is 11.8 Å². The molecule has 1 aliphatic heterocycles. The van der Waals surface area contributed by atoms with E-state index in [2.05, 4.69) is 15.5 Å². The van der Waals surface area contributed by atoms with Crippen molar-refractivity contribution in [2.45, 2.75) is 36.0 Å². The summed E-state index contributed by atoms with van der Waals surface area (Å²) in [6.07, 6.45) is 3.50. The Morgan fingerprint density at radius 1 is 1.35 bits per heavy atom. The molecule has 4 nitrogen and oxygen atoms in total. The van der Waals surface area contributed by atoms with E-state index in [0.29, 0.717) is 11.6 Å². The van der Waals surface area contributed by atoms with Crippen molar-refractivity contribution >= 4 is 23.4 Å². The van der Waals surface area contributed by atoms with Crippen molar-refractivity contribution in [1.29, 1.82) is 0 Å². The first kappa shape index (κ1) is 13.9. The summed E-state index contributed by atoms with van der Waals surface area (Å²) >= 11 is 7.75. The summed E-state index contributed by atoms with van der Waals surface area (Å²) in [6.45, 7) is 1.02. The van der Waals surface area contributed by atoms with Gasteiger partial charge in [-0.3, -0.25) is 0 Å². The number of rotatable bonds is 4. The highest BCUT2D eigenvalue weighted by atomic mass is 35.5. The summed E-state index contributed by atoms with van der Waals surface area (Å²) in [6, 6.07) is 8.00. The molecule has 1 N–H and O–H groups in total. The first-order chi connectivity index (χ1) is 9.83. The first-order valence-electron chi connectivity index (χ1n) is 6.76. The van der Waals surface area contributed by atoms with Crippen LogP contribution in [0.2, 0.25) is 5.02 Å². The van der Waals surface area contributed by atoms with Crippen LogP contribution in [0.4, 0.5) is 0 Å². The molecule has 1 aliphatic rings. The number of nitrogens with zero attached hydrogens (tertiary/aromatic N) is 2. The number of hydrogen-bond acceptors (Lipinski definition) is 5. The normalized spacial score (nSPS) is 19.1. The maximum Gasteiger partial charge on any atom is 0.243 e. The topological polar surface area (TPSA) is 51.0 Å². The maximum absolute atomic E-state index is 6.12. The number of thioether (sulfide) groups is 1. The molecule has 0 spiro atoms. The van der Waals surface area contributed by atoms with Gasteiger partial charge in [-0.25, -0.2) is 0 Å². The Morgan fingerprint density at radius 2 is 2.25 bits per heavy atom. The van der Waals surface area contributed by atoms with Gasteiger partial charge in [0.1, 0.15) is 0 Å². The lowest BCUT2D eigenvalue weighted by Gasteiger charge is -2.19. The van der Waals surface area contributed by atoms with Gasteiger partial charge in [-0.2, -0.15) is 4.98 Å². The van der Waals surface area contributed by atoms with E-state index in [9.17, 15) is 0 Å². The predicted molar refractivity (Wildman–Crippen MR) is 79.9 cm³/mol. The Kier molecular flexibility index (Phi) is 4.60. The van der Waals surface area contributed by atoms with Crippen molar-refractivity contribution in [3.8, 4) is 0 Å². The fourth-order valence-electron chi connectivity index (χ4n) is 2.23. The third-order valence-electron chi connectivity index (χ3n) is 3.29. The third kappa shape index (κ3) is 3.34. The van der Waals surface area contributed by atoms with E-state index in [4.69, 9.17) is 16.1 Å². The number of piperidine rings is 1. The molecule has 20 heavy (non-hydrogen) atoms. The van der Waals surface area contributed by atoms with Gasteiger partial charge in [0, 0.05) is 4.90 Å². The molecule has 0 amide bonds. The zero-order valence-electron chi connectivity index (χ0n) is 11.0.